The topological polar surface area (TPSA) is 209 Å². The minimum absolute atomic E-state index is 0. The van der Waals surface area contributed by atoms with Gasteiger partial charge in [0.2, 0.25) is 31.8 Å². The van der Waals surface area contributed by atoms with E-state index in [4.69, 9.17) is 26.8 Å². The van der Waals surface area contributed by atoms with Crippen LogP contribution in [-0.2, 0) is 20.0 Å². The highest BCUT2D eigenvalue weighted by molar-refractivity contribution is 15.0. The van der Waals surface area contributed by atoms with Crippen LogP contribution in [0.15, 0.2) is 85.2 Å². The van der Waals surface area contributed by atoms with Gasteiger partial charge in [-0.1, -0.05) is 91.8 Å². The number of aromatic nitrogens is 2. The first-order valence-electron chi connectivity index (χ1n) is 18.7. The minimum Gasteiger partial charge on any atom is -0.481 e. The average molecular weight is 1260 g/mol. The Morgan fingerprint density at radius 1 is 0.694 bits per heavy atom. The van der Waals surface area contributed by atoms with Crippen molar-refractivity contribution in [3.8, 4) is 11.8 Å². The van der Waals surface area contributed by atoms with Crippen molar-refractivity contribution in [2.75, 3.05) is 35.2 Å². The normalized spacial score (nSPS) is 11.1. The lowest BCUT2D eigenvalue weighted by Crippen LogP contribution is -2.29. The molecular formula is C42H64ClI3N6O8S2. The molecule has 0 aliphatic heterocycles. The quantitative estimate of drug-likeness (QED) is 0.0513. The molecule has 2 aromatic heterocycles. The lowest BCUT2D eigenvalue weighted by molar-refractivity contribution is 0.0936. The van der Waals surface area contributed by atoms with Crippen LogP contribution in [-0.4, -0.2) is 63.7 Å². The smallest absolute Gasteiger partial charge is 0.254 e. The number of ether oxygens (including phenoxy) is 2. The van der Waals surface area contributed by atoms with Crippen LogP contribution in [0.2, 0.25) is 0 Å². The van der Waals surface area contributed by atoms with Gasteiger partial charge in [0.25, 0.3) is 11.1 Å². The van der Waals surface area contributed by atoms with Gasteiger partial charge >= 0.3 is 0 Å². The molecule has 5 N–H and O–H groups in total. The molecule has 62 heavy (non-hydrogen) atoms. The van der Waals surface area contributed by atoms with E-state index in [1.807, 2.05) is 39.0 Å². The fraction of sp³-hybridized carbons (Fsp3) is 0.429. The molecule has 14 nitrogen and oxygen atoms in total. The molecular weight excluding hydrogens is 1200 g/mol. The van der Waals surface area contributed by atoms with Gasteiger partial charge in [-0.05, 0) is 72.7 Å². The molecule has 1 amide bonds. The maximum atomic E-state index is 12.8. The monoisotopic (exact) mass is 1260 g/mol. The van der Waals surface area contributed by atoms with Gasteiger partial charge in [0, 0.05) is 67.8 Å². The van der Waals surface area contributed by atoms with Crippen molar-refractivity contribution in [2.24, 2.45) is 5.73 Å². The Hall–Kier alpha value is -2.58. The molecule has 0 saturated heterocycles. The van der Waals surface area contributed by atoms with E-state index in [2.05, 4.69) is 68.9 Å². The van der Waals surface area contributed by atoms with Crippen LogP contribution in [0.25, 0.3) is 0 Å². The summed E-state index contributed by atoms with van der Waals surface area (Å²) < 4.78 is 62.7. The van der Waals surface area contributed by atoms with E-state index in [1.54, 1.807) is 69.1 Å². The van der Waals surface area contributed by atoms with Crippen LogP contribution in [0.4, 0.5) is 11.4 Å². The first-order chi connectivity index (χ1) is 28.1. The Morgan fingerprint density at radius 3 is 1.48 bits per heavy atom. The fourth-order valence-corrected chi connectivity index (χ4v) is 7.70. The highest BCUT2D eigenvalue weighted by Crippen LogP contribution is 2.23. The predicted octanol–water partition coefficient (Wildman–Crippen LogP) is 11.3. The molecule has 2 aromatic carbocycles. The first kappa shape index (κ1) is 63.7. The van der Waals surface area contributed by atoms with Crippen molar-refractivity contribution in [1.29, 1.82) is 0 Å². The molecule has 2 heterocycles. The van der Waals surface area contributed by atoms with Crippen molar-refractivity contribution < 1.29 is 35.9 Å². The third-order valence-electron chi connectivity index (χ3n) is 8.30. The zero-order valence-electron chi connectivity index (χ0n) is 34.5. The molecule has 4 rings (SSSR count). The van der Waals surface area contributed by atoms with Gasteiger partial charge in [0.15, 0.2) is 0 Å². The Kier molecular flexibility index (Phi) is 35.7. The number of pyridine rings is 2. The van der Waals surface area contributed by atoms with E-state index in [1.165, 1.54) is 12.1 Å². The van der Waals surface area contributed by atoms with Crippen LogP contribution < -0.4 is 30.0 Å². The number of hydrogen-bond donors (Lipinski definition) is 4. The number of amides is 1. The van der Waals surface area contributed by atoms with Crippen molar-refractivity contribution in [3.05, 3.63) is 107 Å². The molecule has 350 valence electrons. The largest absolute Gasteiger partial charge is 0.481 e. The van der Waals surface area contributed by atoms with E-state index >= 15 is 0 Å². The third-order valence-corrected chi connectivity index (χ3v) is 11.2. The Labute approximate surface area is 415 Å². The second-order valence-electron chi connectivity index (χ2n) is 12.6. The van der Waals surface area contributed by atoms with Crippen LogP contribution in [0.1, 0.15) is 125 Å². The standard InChI is InChI=1S/C20H27N3O4S.C11H14ClNO3S.C9H14N2O.2CH4.I2.HI/c1-4-6-13-28(25,26)23-18-10-8-7-9-16(18)20(24)22-17(5-2)15-11-12-19(27-3)21-14-15;1-2-3-8-17(15,16)13-10-7-5-4-6-9(10)11(12)14;1-3-8(10)7-4-5-9(12-2)11-6-7;;;1-2;/h7-12,14,17,23H,4-6,13H2,1-3H3,(H,22,24);4-7,13H,2-3,8H2,1H3;4-6,8H,3,10H2,1-2H3;2*1H4;;1H/t17-;;8-;;;;/m1.1..../s1. The number of hydrogen-bond acceptors (Lipinski definition) is 11. The maximum Gasteiger partial charge on any atom is 0.254 e. The second-order valence-corrected chi connectivity index (χ2v) is 16.7. The van der Waals surface area contributed by atoms with E-state index in [0.717, 1.165) is 30.4 Å². The van der Waals surface area contributed by atoms with Gasteiger partial charge in [-0.15, -0.1) is 24.0 Å². The molecule has 0 unspecified atom stereocenters. The number of nitrogens with two attached hydrogens (primary N) is 1. The molecule has 0 radical (unpaired) electrons. The molecule has 0 aliphatic carbocycles. The number of nitrogens with zero attached hydrogens (tertiary/aromatic N) is 2. The molecule has 0 aliphatic rings. The van der Waals surface area contributed by atoms with Gasteiger partial charge < -0.3 is 20.5 Å². The molecule has 0 bridgehead atoms. The second kappa shape index (κ2) is 34.8. The number of sulfonamides is 2. The summed E-state index contributed by atoms with van der Waals surface area (Å²) in [6, 6.07) is 20.0. The zero-order chi connectivity index (χ0) is 44.4. The number of carbonyl (C=O) groups is 2. The summed E-state index contributed by atoms with van der Waals surface area (Å²) in [5.41, 5.74) is 8.65. The molecule has 0 saturated carbocycles. The highest BCUT2D eigenvalue weighted by Gasteiger charge is 2.20. The van der Waals surface area contributed by atoms with Crippen molar-refractivity contribution in [2.45, 2.75) is 93.2 Å². The summed E-state index contributed by atoms with van der Waals surface area (Å²) in [7, 11) is -3.77. The number of carbonyl (C=O) groups excluding carboxylic acids is 2. The number of anilines is 2. The maximum absolute atomic E-state index is 12.8. The van der Waals surface area contributed by atoms with Crippen LogP contribution in [0, 0.1) is 0 Å². The summed E-state index contributed by atoms with van der Waals surface area (Å²) in [5, 5.41) is 2.27. The van der Waals surface area contributed by atoms with Gasteiger partial charge in [0.1, 0.15) is 0 Å². The molecule has 20 heteroatoms. The van der Waals surface area contributed by atoms with Crippen LogP contribution in [0.3, 0.4) is 0 Å². The Balaban J connectivity index is -0.000000878. The van der Waals surface area contributed by atoms with Crippen LogP contribution in [0.5, 0.6) is 11.8 Å². The Bertz CT molecular complexity index is 2070. The number of para-hydroxylation sites is 2. The molecule has 4 aromatic rings. The van der Waals surface area contributed by atoms with Gasteiger partial charge in [0.05, 0.1) is 54.3 Å². The highest BCUT2D eigenvalue weighted by atomic mass is 128. The lowest BCUT2D eigenvalue weighted by atomic mass is 10.1. The van der Waals surface area contributed by atoms with Crippen molar-refractivity contribution in [1.82, 2.24) is 15.3 Å². The number of methoxy groups -OCH3 is 2. The summed E-state index contributed by atoms with van der Waals surface area (Å²) in [4.78, 5) is 32.2. The van der Waals surface area contributed by atoms with Crippen molar-refractivity contribution >= 4 is 115 Å². The first-order valence-corrected chi connectivity index (χ1v) is 28.7. The van der Waals surface area contributed by atoms with E-state index in [9.17, 15) is 26.4 Å². The van der Waals surface area contributed by atoms with E-state index < -0.39 is 25.3 Å². The van der Waals surface area contributed by atoms with Gasteiger partial charge in [-0.3, -0.25) is 19.0 Å². The molecule has 0 spiro atoms. The minimum atomic E-state index is -3.50. The predicted molar refractivity (Wildman–Crippen MR) is 284 cm³/mol. The summed E-state index contributed by atoms with van der Waals surface area (Å²) in [5.74, 6) is 0.832. The summed E-state index contributed by atoms with van der Waals surface area (Å²) in [6.45, 7) is 7.84. The van der Waals surface area contributed by atoms with E-state index in [0.29, 0.717) is 31.0 Å². The molecule has 2 atom stereocenters. The van der Waals surface area contributed by atoms with Crippen LogP contribution >= 0.6 is 72.8 Å². The average Bonchev–Trinajstić information content (AvgIpc) is 3.25. The van der Waals surface area contributed by atoms with Crippen molar-refractivity contribution in [3.63, 3.8) is 0 Å². The van der Waals surface area contributed by atoms with Gasteiger partial charge in [-0.25, -0.2) is 26.8 Å². The van der Waals surface area contributed by atoms with E-state index in [-0.39, 0.29) is 90.8 Å². The fourth-order valence-electron chi connectivity index (χ4n) is 4.96. The number of rotatable bonds is 19. The zero-order valence-corrected chi connectivity index (χ0v) is 43.5. The number of unbranched alkanes of at least 4 members (excludes halogenated alkanes) is 2. The number of halogens is 4. The summed E-state index contributed by atoms with van der Waals surface area (Å²) in [6.07, 6.45) is 7.70. The number of nitrogens with one attached hydrogen (secondary N) is 3. The number of benzene rings is 2. The SMILES string of the molecule is C.C.CCCCS(=O)(=O)Nc1ccccc1C(=O)Cl.CCCCS(=O)(=O)Nc1ccccc1C(=O)N[C@H](CC)c1ccc(OC)nc1.CC[C@@H](N)c1ccc(OC)nc1.I.II. The lowest BCUT2D eigenvalue weighted by Gasteiger charge is -2.19. The van der Waals surface area contributed by atoms with Gasteiger partial charge in [-0.2, -0.15) is 0 Å². The Morgan fingerprint density at radius 2 is 1.11 bits per heavy atom. The summed E-state index contributed by atoms with van der Waals surface area (Å²) >= 11 is 9.61. The third kappa shape index (κ3) is 23.9. The molecule has 0 fully saturated rings.